The van der Waals surface area contributed by atoms with Crippen molar-refractivity contribution in [2.75, 3.05) is 11.9 Å². The molecule has 1 aromatic carbocycles. The van der Waals surface area contributed by atoms with Crippen LogP contribution < -0.4 is 5.32 Å². The molecule has 5 nitrogen and oxygen atoms in total. The zero-order valence-corrected chi connectivity index (χ0v) is 11.0. The number of rotatable bonds is 6. The van der Waals surface area contributed by atoms with Crippen LogP contribution >= 0.6 is 0 Å². The number of nitro benzene ring substituents is 1. The summed E-state index contributed by atoms with van der Waals surface area (Å²) in [6, 6.07) is 8.88. The first-order valence-corrected chi connectivity index (χ1v) is 6.28. The van der Waals surface area contributed by atoms with Gasteiger partial charge in [-0.2, -0.15) is 0 Å². The van der Waals surface area contributed by atoms with Crippen LogP contribution in [0.5, 0.6) is 0 Å². The van der Waals surface area contributed by atoms with E-state index < -0.39 is 11.3 Å². The molecule has 0 saturated heterocycles. The number of nitro groups is 1. The van der Waals surface area contributed by atoms with E-state index in [4.69, 9.17) is 0 Å². The first-order valence-electron chi connectivity index (χ1n) is 6.28. The summed E-state index contributed by atoms with van der Waals surface area (Å²) in [6.07, 6.45) is -0.547. The van der Waals surface area contributed by atoms with Gasteiger partial charge in [0.2, 0.25) is 0 Å². The number of anilines is 1. The summed E-state index contributed by atoms with van der Waals surface area (Å²) in [4.78, 5) is 14.1. The van der Waals surface area contributed by atoms with Crippen molar-refractivity contribution in [3.8, 4) is 0 Å². The lowest BCUT2D eigenvalue weighted by Crippen LogP contribution is -2.08. The molecule has 0 aliphatic heterocycles. The van der Waals surface area contributed by atoms with Crippen LogP contribution in [0.15, 0.2) is 42.6 Å². The monoisotopic (exact) mass is 293 g/mol. The van der Waals surface area contributed by atoms with Gasteiger partial charge >= 0.3 is 0 Å². The molecule has 1 N–H and O–H groups in total. The minimum Gasteiger partial charge on any atom is -0.384 e. The summed E-state index contributed by atoms with van der Waals surface area (Å²) in [5.41, 5.74) is 0.322. The fraction of sp³-hybridized carbons (Fsp3) is 0.214. The SMILES string of the molecule is O=[N+]([O-])c1ccc(NCCc2ccccn2)c(C(F)F)c1. The van der Waals surface area contributed by atoms with Crippen molar-refractivity contribution in [1.29, 1.82) is 0 Å². The molecule has 0 fully saturated rings. The van der Waals surface area contributed by atoms with E-state index in [1.807, 2.05) is 12.1 Å². The summed E-state index contributed by atoms with van der Waals surface area (Å²) < 4.78 is 25.9. The Kier molecular flexibility index (Phi) is 4.76. The number of pyridine rings is 1. The topological polar surface area (TPSA) is 68.1 Å². The van der Waals surface area contributed by atoms with Crippen molar-refractivity contribution in [2.24, 2.45) is 0 Å². The Bertz CT molecular complexity index is 621. The lowest BCUT2D eigenvalue weighted by molar-refractivity contribution is -0.385. The van der Waals surface area contributed by atoms with Gasteiger partial charge < -0.3 is 5.32 Å². The normalized spacial score (nSPS) is 10.6. The fourth-order valence-corrected chi connectivity index (χ4v) is 1.88. The number of hydrogen-bond donors (Lipinski definition) is 1. The van der Waals surface area contributed by atoms with E-state index in [0.29, 0.717) is 13.0 Å². The Morgan fingerprint density at radius 3 is 2.71 bits per heavy atom. The summed E-state index contributed by atoms with van der Waals surface area (Å²) in [7, 11) is 0. The molecular weight excluding hydrogens is 280 g/mol. The molecule has 1 heterocycles. The average molecular weight is 293 g/mol. The summed E-state index contributed by atoms with van der Waals surface area (Å²) in [6.45, 7) is 0.411. The highest BCUT2D eigenvalue weighted by molar-refractivity contribution is 5.56. The first kappa shape index (κ1) is 14.8. The molecule has 0 aliphatic rings. The van der Waals surface area contributed by atoms with Gasteiger partial charge in [-0.25, -0.2) is 8.78 Å². The highest BCUT2D eigenvalue weighted by Crippen LogP contribution is 2.30. The van der Waals surface area contributed by atoms with Gasteiger partial charge in [-0.05, 0) is 18.2 Å². The lowest BCUT2D eigenvalue weighted by atomic mass is 10.1. The maximum absolute atomic E-state index is 12.9. The van der Waals surface area contributed by atoms with Gasteiger partial charge in [0.05, 0.1) is 4.92 Å². The van der Waals surface area contributed by atoms with Gasteiger partial charge in [-0.3, -0.25) is 15.1 Å². The molecule has 0 aliphatic carbocycles. The number of aromatic nitrogens is 1. The van der Waals surface area contributed by atoms with Crippen molar-refractivity contribution in [2.45, 2.75) is 12.8 Å². The highest BCUT2D eigenvalue weighted by Gasteiger charge is 2.17. The van der Waals surface area contributed by atoms with Gasteiger partial charge in [0.15, 0.2) is 0 Å². The molecular formula is C14H13F2N3O2. The van der Waals surface area contributed by atoms with Crippen molar-refractivity contribution >= 4 is 11.4 Å². The van der Waals surface area contributed by atoms with Crippen molar-refractivity contribution in [3.63, 3.8) is 0 Å². The van der Waals surface area contributed by atoms with Crippen molar-refractivity contribution < 1.29 is 13.7 Å². The molecule has 110 valence electrons. The smallest absolute Gasteiger partial charge is 0.270 e. The van der Waals surface area contributed by atoms with Gasteiger partial charge in [0.1, 0.15) is 0 Å². The van der Waals surface area contributed by atoms with E-state index in [0.717, 1.165) is 11.8 Å². The predicted molar refractivity (Wildman–Crippen MR) is 74.5 cm³/mol. The zero-order valence-electron chi connectivity index (χ0n) is 11.0. The molecule has 1 aromatic heterocycles. The van der Waals surface area contributed by atoms with E-state index in [-0.39, 0.29) is 16.9 Å². The third-order valence-corrected chi connectivity index (χ3v) is 2.90. The molecule has 0 saturated carbocycles. The first-order chi connectivity index (χ1) is 10.1. The number of nitrogens with one attached hydrogen (secondary N) is 1. The van der Waals surface area contributed by atoms with Crippen LogP contribution in [0.25, 0.3) is 0 Å². The molecule has 2 rings (SSSR count). The largest absolute Gasteiger partial charge is 0.384 e. The number of hydrogen-bond acceptors (Lipinski definition) is 4. The third-order valence-electron chi connectivity index (χ3n) is 2.90. The molecule has 0 amide bonds. The van der Waals surface area contributed by atoms with E-state index >= 15 is 0 Å². The quantitative estimate of drug-likeness (QED) is 0.653. The van der Waals surface area contributed by atoms with Crippen LogP contribution in [0.4, 0.5) is 20.2 Å². The second kappa shape index (κ2) is 6.74. The van der Waals surface area contributed by atoms with Crippen LogP contribution in [0, 0.1) is 10.1 Å². The number of non-ortho nitro benzene ring substituents is 1. The molecule has 7 heteroatoms. The Morgan fingerprint density at radius 2 is 2.10 bits per heavy atom. The van der Waals surface area contributed by atoms with E-state index in [1.165, 1.54) is 12.1 Å². The molecule has 0 atom stereocenters. The minimum absolute atomic E-state index is 0.200. The summed E-state index contributed by atoms with van der Waals surface area (Å²) in [5.74, 6) is 0. The van der Waals surface area contributed by atoms with E-state index in [2.05, 4.69) is 10.3 Å². The molecule has 0 spiro atoms. The van der Waals surface area contributed by atoms with Crippen molar-refractivity contribution in [3.05, 3.63) is 64.0 Å². The second-order valence-electron chi connectivity index (χ2n) is 4.33. The molecule has 2 aromatic rings. The lowest BCUT2D eigenvalue weighted by Gasteiger charge is -2.11. The molecule has 0 radical (unpaired) electrons. The maximum Gasteiger partial charge on any atom is 0.270 e. The Hall–Kier alpha value is -2.57. The van der Waals surface area contributed by atoms with Gasteiger partial charge in [0, 0.05) is 48.2 Å². The third kappa shape index (κ3) is 3.95. The van der Waals surface area contributed by atoms with Gasteiger partial charge in [-0.15, -0.1) is 0 Å². The predicted octanol–water partition coefficient (Wildman–Crippen LogP) is 3.58. The molecule has 21 heavy (non-hydrogen) atoms. The Balaban J connectivity index is 2.07. The van der Waals surface area contributed by atoms with Gasteiger partial charge in [-0.1, -0.05) is 6.07 Å². The van der Waals surface area contributed by atoms with Gasteiger partial charge in [0.25, 0.3) is 12.1 Å². The van der Waals surface area contributed by atoms with E-state index in [9.17, 15) is 18.9 Å². The molecule has 0 unspecified atom stereocenters. The van der Waals surface area contributed by atoms with Crippen LogP contribution in [-0.2, 0) is 6.42 Å². The standard InChI is InChI=1S/C14H13F2N3O2/c15-14(16)12-9-11(19(20)21)4-5-13(12)18-8-6-10-3-1-2-7-17-10/h1-5,7,9,14,18H,6,8H2. The van der Waals surface area contributed by atoms with E-state index in [1.54, 1.807) is 12.3 Å². The maximum atomic E-state index is 12.9. The average Bonchev–Trinajstić information content (AvgIpc) is 2.48. The van der Waals surface area contributed by atoms with Crippen LogP contribution in [-0.4, -0.2) is 16.5 Å². The highest BCUT2D eigenvalue weighted by atomic mass is 19.3. The number of alkyl halides is 2. The summed E-state index contributed by atoms with van der Waals surface area (Å²) >= 11 is 0. The van der Waals surface area contributed by atoms with Crippen LogP contribution in [0.1, 0.15) is 17.7 Å². The van der Waals surface area contributed by atoms with Crippen LogP contribution in [0.3, 0.4) is 0 Å². The molecule has 0 bridgehead atoms. The zero-order chi connectivity index (χ0) is 15.2. The Morgan fingerprint density at radius 1 is 1.29 bits per heavy atom. The van der Waals surface area contributed by atoms with Crippen molar-refractivity contribution in [1.82, 2.24) is 4.98 Å². The van der Waals surface area contributed by atoms with Crippen LogP contribution in [0.2, 0.25) is 0 Å². The fourth-order valence-electron chi connectivity index (χ4n) is 1.88. The second-order valence-corrected chi connectivity index (χ2v) is 4.33. The minimum atomic E-state index is -2.78. The number of benzene rings is 1. The summed E-state index contributed by atoms with van der Waals surface area (Å²) in [5, 5.41) is 13.5. The number of nitrogens with zero attached hydrogens (tertiary/aromatic N) is 2. The Labute approximate surface area is 119 Å². The number of halogens is 2.